The number of nitrogens with two attached hydrogens (primary N) is 1. The Morgan fingerprint density at radius 2 is 2.24 bits per heavy atom. The molecule has 0 aliphatic heterocycles. The molecule has 0 radical (unpaired) electrons. The van der Waals surface area contributed by atoms with Gasteiger partial charge in [-0.3, -0.25) is 14.9 Å². The summed E-state index contributed by atoms with van der Waals surface area (Å²) in [5.74, 6) is -0.641. The minimum atomic E-state index is -0.439. The molecule has 0 fully saturated rings. The van der Waals surface area contributed by atoms with Crippen molar-refractivity contribution in [3.63, 3.8) is 0 Å². The van der Waals surface area contributed by atoms with E-state index in [1.54, 1.807) is 16.8 Å². The average molecular weight is 267 g/mol. The van der Waals surface area contributed by atoms with Gasteiger partial charge in [0.25, 0.3) is 5.91 Å². The third-order valence-corrected chi connectivity index (χ3v) is 3.40. The summed E-state index contributed by atoms with van der Waals surface area (Å²) in [6, 6.07) is 1.73. The van der Waals surface area contributed by atoms with Crippen LogP contribution < -0.4 is 11.1 Å². The summed E-state index contributed by atoms with van der Waals surface area (Å²) in [5, 5.41) is 8.42. The highest BCUT2D eigenvalue weighted by Crippen LogP contribution is 2.17. The number of anilines is 1. The maximum Gasteiger partial charge on any atom is 0.258 e. The first kappa shape index (κ1) is 11.7. The van der Waals surface area contributed by atoms with E-state index >= 15 is 0 Å². The number of nitrogens with one attached hydrogen (secondary N) is 1. The lowest BCUT2D eigenvalue weighted by Gasteiger charge is -1.97. The Balaban J connectivity index is 2.02. The summed E-state index contributed by atoms with van der Waals surface area (Å²) < 4.78 is 0. The van der Waals surface area contributed by atoms with Gasteiger partial charge < -0.3 is 5.73 Å². The molecular weight excluding hydrogens is 258 g/mol. The van der Waals surface area contributed by atoms with Gasteiger partial charge in [-0.15, -0.1) is 11.3 Å². The molecular formula is C10H9N3O2S2. The van der Waals surface area contributed by atoms with Crippen molar-refractivity contribution >= 4 is 39.6 Å². The van der Waals surface area contributed by atoms with Gasteiger partial charge in [-0.05, 0) is 11.4 Å². The second-order valence-corrected chi connectivity index (χ2v) is 4.89. The fourth-order valence-electron chi connectivity index (χ4n) is 1.19. The van der Waals surface area contributed by atoms with Crippen LogP contribution in [0, 0.1) is 0 Å². The molecule has 17 heavy (non-hydrogen) atoms. The van der Waals surface area contributed by atoms with Crippen LogP contribution in [0.5, 0.6) is 0 Å². The summed E-state index contributed by atoms with van der Waals surface area (Å²) in [5.41, 5.74) is 6.22. The fourth-order valence-corrected chi connectivity index (χ4v) is 2.53. The van der Waals surface area contributed by atoms with Crippen LogP contribution in [-0.4, -0.2) is 16.8 Å². The van der Waals surface area contributed by atoms with E-state index in [1.807, 2.05) is 5.38 Å². The lowest BCUT2D eigenvalue weighted by molar-refractivity contribution is -0.117. The Bertz CT molecular complexity index is 534. The Morgan fingerprint density at radius 3 is 2.88 bits per heavy atom. The average Bonchev–Trinajstić information content (AvgIpc) is 2.87. The van der Waals surface area contributed by atoms with Gasteiger partial charge in [0.1, 0.15) is 0 Å². The van der Waals surface area contributed by atoms with Gasteiger partial charge in [0, 0.05) is 10.8 Å². The fraction of sp³-hybridized carbons (Fsp3) is 0.100. The number of nitrogens with zero attached hydrogens (tertiary/aromatic N) is 1. The van der Waals surface area contributed by atoms with Gasteiger partial charge in [0.05, 0.1) is 17.7 Å². The topological polar surface area (TPSA) is 85.1 Å². The molecule has 5 nitrogen and oxygen atoms in total. The van der Waals surface area contributed by atoms with Crippen molar-refractivity contribution in [2.75, 3.05) is 5.32 Å². The summed E-state index contributed by atoms with van der Waals surface area (Å²) in [7, 11) is 0. The molecule has 0 aromatic carbocycles. The maximum absolute atomic E-state index is 11.7. The van der Waals surface area contributed by atoms with Crippen LogP contribution in [-0.2, 0) is 11.2 Å². The largest absolute Gasteiger partial charge is 0.369 e. The normalized spacial score (nSPS) is 10.1. The van der Waals surface area contributed by atoms with Crippen molar-refractivity contribution in [1.82, 2.24) is 4.98 Å². The highest BCUT2D eigenvalue weighted by molar-refractivity contribution is 7.14. The van der Waals surface area contributed by atoms with Crippen molar-refractivity contribution < 1.29 is 9.59 Å². The van der Waals surface area contributed by atoms with Gasteiger partial charge >= 0.3 is 0 Å². The van der Waals surface area contributed by atoms with Crippen LogP contribution in [0.15, 0.2) is 22.2 Å². The molecule has 0 spiro atoms. The zero-order valence-electron chi connectivity index (χ0n) is 8.67. The minimum absolute atomic E-state index is 0.0881. The standard InChI is InChI=1S/C10H9N3O2S2/c11-8(14)3-7-5-17-10(12-7)13-9(15)6-1-2-16-4-6/h1-2,4-5H,3H2,(H2,11,14)(H,12,13,15). The maximum atomic E-state index is 11.7. The molecule has 2 aromatic heterocycles. The number of aromatic nitrogens is 1. The predicted octanol–water partition coefficient (Wildman–Crippen LogP) is 1.48. The number of hydrogen-bond acceptors (Lipinski definition) is 5. The Labute approximate surface area is 105 Å². The Kier molecular flexibility index (Phi) is 3.50. The molecule has 2 aromatic rings. The molecule has 0 saturated heterocycles. The number of hydrogen-bond donors (Lipinski definition) is 2. The monoisotopic (exact) mass is 267 g/mol. The molecule has 0 aliphatic carbocycles. The van der Waals surface area contributed by atoms with Gasteiger partial charge in [-0.2, -0.15) is 11.3 Å². The lowest BCUT2D eigenvalue weighted by Crippen LogP contribution is -2.14. The smallest absolute Gasteiger partial charge is 0.258 e. The highest BCUT2D eigenvalue weighted by Gasteiger charge is 2.10. The first-order valence-corrected chi connectivity index (χ1v) is 6.53. The highest BCUT2D eigenvalue weighted by atomic mass is 32.1. The van der Waals surface area contributed by atoms with E-state index in [4.69, 9.17) is 5.73 Å². The van der Waals surface area contributed by atoms with Crippen molar-refractivity contribution in [2.45, 2.75) is 6.42 Å². The van der Waals surface area contributed by atoms with E-state index in [2.05, 4.69) is 10.3 Å². The molecule has 0 saturated carbocycles. The third kappa shape index (κ3) is 3.11. The zero-order valence-corrected chi connectivity index (χ0v) is 10.3. The number of amides is 2. The van der Waals surface area contributed by atoms with Gasteiger partial charge in [0.2, 0.25) is 5.91 Å². The third-order valence-electron chi connectivity index (χ3n) is 1.91. The number of carbonyl (C=O) groups excluding carboxylic acids is 2. The van der Waals surface area contributed by atoms with Crippen LogP contribution in [0.25, 0.3) is 0 Å². The molecule has 0 unspecified atom stereocenters. The summed E-state index contributed by atoms with van der Waals surface area (Å²) in [6.07, 6.45) is 0.0881. The van der Waals surface area contributed by atoms with E-state index in [9.17, 15) is 9.59 Å². The lowest BCUT2D eigenvalue weighted by atomic mass is 10.3. The second kappa shape index (κ2) is 5.07. The number of carbonyl (C=O) groups is 2. The van der Waals surface area contributed by atoms with Gasteiger partial charge in [0.15, 0.2) is 5.13 Å². The molecule has 0 atom stereocenters. The molecule has 0 bridgehead atoms. The van der Waals surface area contributed by atoms with Gasteiger partial charge in [-0.25, -0.2) is 4.98 Å². The minimum Gasteiger partial charge on any atom is -0.369 e. The predicted molar refractivity (Wildman–Crippen MR) is 67.3 cm³/mol. The van der Waals surface area contributed by atoms with Crippen molar-refractivity contribution in [3.05, 3.63) is 33.5 Å². The van der Waals surface area contributed by atoms with E-state index in [0.29, 0.717) is 16.4 Å². The first-order chi connectivity index (χ1) is 8.15. The van der Waals surface area contributed by atoms with Crippen LogP contribution in [0.4, 0.5) is 5.13 Å². The molecule has 2 heterocycles. The Morgan fingerprint density at radius 1 is 1.41 bits per heavy atom. The SMILES string of the molecule is NC(=O)Cc1csc(NC(=O)c2ccsc2)n1. The quantitative estimate of drug-likeness (QED) is 0.880. The van der Waals surface area contributed by atoms with Crippen LogP contribution >= 0.6 is 22.7 Å². The summed E-state index contributed by atoms with van der Waals surface area (Å²) >= 11 is 2.72. The van der Waals surface area contributed by atoms with Crippen LogP contribution in [0.1, 0.15) is 16.1 Å². The van der Waals surface area contributed by atoms with E-state index in [-0.39, 0.29) is 12.3 Å². The number of primary amides is 1. The van der Waals surface area contributed by atoms with E-state index in [1.165, 1.54) is 22.7 Å². The summed E-state index contributed by atoms with van der Waals surface area (Å²) in [6.45, 7) is 0. The Hall–Kier alpha value is -1.73. The number of thiazole rings is 1. The molecule has 7 heteroatoms. The molecule has 3 N–H and O–H groups in total. The van der Waals surface area contributed by atoms with Crippen molar-refractivity contribution in [1.29, 1.82) is 0 Å². The van der Waals surface area contributed by atoms with Crippen LogP contribution in [0.3, 0.4) is 0 Å². The molecule has 88 valence electrons. The second-order valence-electron chi connectivity index (χ2n) is 3.25. The van der Waals surface area contributed by atoms with Gasteiger partial charge in [-0.1, -0.05) is 0 Å². The molecule has 2 amide bonds. The van der Waals surface area contributed by atoms with Crippen molar-refractivity contribution in [3.8, 4) is 0 Å². The van der Waals surface area contributed by atoms with E-state index in [0.717, 1.165) is 0 Å². The molecule has 2 rings (SSSR count). The van der Waals surface area contributed by atoms with Crippen LogP contribution in [0.2, 0.25) is 0 Å². The van der Waals surface area contributed by atoms with Crippen molar-refractivity contribution in [2.24, 2.45) is 5.73 Å². The number of rotatable bonds is 4. The van der Waals surface area contributed by atoms with E-state index < -0.39 is 5.91 Å². The first-order valence-electron chi connectivity index (χ1n) is 4.71. The number of thiophene rings is 1. The zero-order chi connectivity index (χ0) is 12.3. The molecule has 0 aliphatic rings. The summed E-state index contributed by atoms with van der Waals surface area (Å²) in [4.78, 5) is 26.5.